The van der Waals surface area contributed by atoms with Crippen LogP contribution in [0.5, 0.6) is 0 Å². The number of hydrogen-bond donors (Lipinski definition) is 1. The number of hydrazone groups is 1. The summed E-state index contributed by atoms with van der Waals surface area (Å²) in [5.41, 5.74) is 9.72. The van der Waals surface area contributed by atoms with Crippen LogP contribution >= 0.6 is 0 Å². The van der Waals surface area contributed by atoms with Crippen molar-refractivity contribution in [3.8, 4) is 0 Å². The largest absolute Gasteiger partial charge is 0.306 e. The predicted octanol–water partition coefficient (Wildman–Crippen LogP) is 2.56. The Morgan fingerprint density at radius 2 is 2.19 bits per heavy atom. The van der Waals surface area contributed by atoms with Crippen LogP contribution in [0.1, 0.15) is 23.7 Å². The van der Waals surface area contributed by atoms with E-state index in [4.69, 9.17) is 5.73 Å². The van der Waals surface area contributed by atoms with Gasteiger partial charge in [0, 0.05) is 24.3 Å². The van der Waals surface area contributed by atoms with Gasteiger partial charge >= 0.3 is 0 Å². The molecule has 0 saturated carbocycles. The quantitative estimate of drug-likeness (QED) is 0.866. The van der Waals surface area contributed by atoms with Crippen LogP contribution in [0, 0.1) is 6.92 Å². The van der Waals surface area contributed by atoms with E-state index >= 15 is 0 Å². The molecule has 5 nitrogen and oxygen atoms in total. The summed E-state index contributed by atoms with van der Waals surface area (Å²) in [6, 6.07) is 2.00. The summed E-state index contributed by atoms with van der Waals surface area (Å²) < 4.78 is 0. The number of aryl methyl sites for hydroxylation is 1. The SMILES string of the molecule is C=Cc1cc(/C=C2\N=C(C)C=CC(N)N2N=C)cnc1C. The van der Waals surface area contributed by atoms with Crippen molar-refractivity contribution in [1.29, 1.82) is 0 Å². The molecule has 0 aromatic carbocycles. The standard InChI is InChI=1S/C16H19N5/c1-5-14-8-13(10-19-12(14)3)9-16-20-11(2)6-7-15(17)21(16)18-4/h5-10,15H,1,4,17H2,2-3H3/b16-9+. The molecule has 1 atom stereocenters. The molecule has 0 aliphatic carbocycles. The van der Waals surface area contributed by atoms with Gasteiger partial charge in [-0.05, 0) is 49.3 Å². The average molecular weight is 281 g/mol. The van der Waals surface area contributed by atoms with Gasteiger partial charge in [-0.2, -0.15) is 5.10 Å². The fourth-order valence-electron chi connectivity index (χ4n) is 2.01. The summed E-state index contributed by atoms with van der Waals surface area (Å²) in [7, 11) is 0. The highest BCUT2D eigenvalue weighted by Gasteiger charge is 2.16. The summed E-state index contributed by atoms with van der Waals surface area (Å²) in [6.45, 7) is 11.2. The van der Waals surface area contributed by atoms with Gasteiger partial charge < -0.3 is 5.73 Å². The minimum absolute atomic E-state index is 0.396. The summed E-state index contributed by atoms with van der Waals surface area (Å²) >= 11 is 0. The Labute approximate surface area is 124 Å². The average Bonchev–Trinajstić information content (AvgIpc) is 2.60. The lowest BCUT2D eigenvalue weighted by atomic mass is 10.1. The maximum Gasteiger partial charge on any atom is 0.151 e. The number of rotatable bonds is 3. The first-order valence-corrected chi connectivity index (χ1v) is 6.61. The number of aliphatic imine (C=N–C) groups is 1. The Bertz CT molecular complexity index is 655. The van der Waals surface area contributed by atoms with Crippen LogP contribution in [-0.2, 0) is 0 Å². The third-order valence-corrected chi connectivity index (χ3v) is 3.16. The number of nitrogens with two attached hydrogens (primary N) is 1. The van der Waals surface area contributed by atoms with E-state index < -0.39 is 6.17 Å². The molecule has 1 aliphatic heterocycles. The number of nitrogens with zero attached hydrogens (tertiary/aromatic N) is 4. The number of allylic oxidation sites excluding steroid dienone is 1. The molecule has 21 heavy (non-hydrogen) atoms. The van der Waals surface area contributed by atoms with Crippen molar-refractivity contribution in [3.05, 3.63) is 53.6 Å². The second-order valence-corrected chi connectivity index (χ2v) is 4.74. The van der Waals surface area contributed by atoms with E-state index in [1.807, 2.05) is 38.1 Å². The van der Waals surface area contributed by atoms with E-state index in [2.05, 4.69) is 28.4 Å². The maximum absolute atomic E-state index is 6.04. The summed E-state index contributed by atoms with van der Waals surface area (Å²) in [4.78, 5) is 8.85. The van der Waals surface area contributed by atoms with Crippen LogP contribution in [0.25, 0.3) is 12.2 Å². The summed E-state index contributed by atoms with van der Waals surface area (Å²) in [6.07, 6.45) is 8.74. The number of hydrogen-bond acceptors (Lipinski definition) is 5. The van der Waals surface area contributed by atoms with Crippen molar-refractivity contribution in [2.24, 2.45) is 15.8 Å². The molecule has 0 radical (unpaired) electrons. The molecular formula is C16H19N5. The van der Waals surface area contributed by atoms with Crippen LogP contribution in [0.15, 0.2) is 46.9 Å². The van der Waals surface area contributed by atoms with Crippen LogP contribution in [0.2, 0.25) is 0 Å². The fourth-order valence-corrected chi connectivity index (χ4v) is 2.01. The second-order valence-electron chi connectivity index (χ2n) is 4.74. The van der Waals surface area contributed by atoms with Gasteiger partial charge in [0.15, 0.2) is 5.82 Å². The molecule has 0 spiro atoms. The molecule has 1 aliphatic rings. The highest BCUT2D eigenvalue weighted by atomic mass is 15.5. The van der Waals surface area contributed by atoms with Crippen LogP contribution in [0.4, 0.5) is 0 Å². The normalized spacial score (nSPS) is 20.1. The Morgan fingerprint density at radius 1 is 1.43 bits per heavy atom. The molecule has 0 saturated heterocycles. The highest BCUT2D eigenvalue weighted by molar-refractivity contribution is 5.94. The first kappa shape index (κ1) is 14.9. The van der Waals surface area contributed by atoms with Gasteiger partial charge in [-0.25, -0.2) is 10.0 Å². The van der Waals surface area contributed by atoms with E-state index in [0.29, 0.717) is 5.82 Å². The lowest BCUT2D eigenvalue weighted by molar-refractivity contribution is 0.317. The molecule has 1 unspecified atom stereocenters. The molecule has 5 heteroatoms. The van der Waals surface area contributed by atoms with Gasteiger partial charge in [0.05, 0.1) is 0 Å². The summed E-state index contributed by atoms with van der Waals surface area (Å²) in [5, 5.41) is 5.52. The minimum atomic E-state index is -0.396. The predicted molar refractivity (Wildman–Crippen MR) is 88.7 cm³/mol. The zero-order valence-corrected chi connectivity index (χ0v) is 12.3. The zero-order chi connectivity index (χ0) is 15.4. The van der Waals surface area contributed by atoms with Crippen molar-refractivity contribution < 1.29 is 0 Å². The molecule has 2 heterocycles. The molecule has 108 valence electrons. The zero-order valence-electron chi connectivity index (χ0n) is 12.3. The van der Waals surface area contributed by atoms with Gasteiger partial charge in [0.25, 0.3) is 0 Å². The number of pyridine rings is 1. The Hall–Kier alpha value is -2.53. The van der Waals surface area contributed by atoms with Gasteiger partial charge in [0.2, 0.25) is 0 Å². The molecule has 1 aromatic rings. The van der Waals surface area contributed by atoms with E-state index in [1.54, 1.807) is 17.3 Å². The van der Waals surface area contributed by atoms with Crippen LogP contribution in [0.3, 0.4) is 0 Å². The van der Waals surface area contributed by atoms with E-state index in [-0.39, 0.29) is 0 Å². The fraction of sp³-hybridized carbons (Fsp3) is 0.188. The lowest BCUT2D eigenvalue weighted by Gasteiger charge is -2.22. The first-order chi connectivity index (χ1) is 10.0. The van der Waals surface area contributed by atoms with E-state index in [0.717, 1.165) is 22.5 Å². The molecule has 1 aromatic heterocycles. The van der Waals surface area contributed by atoms with Crippen LogP contribution in [-0.4, -0.2) is 28.6 Å². The van der Waals surface area contributed by atoms with E-state index in [9.17, 15) is 0 Å². The highest BCUT2D eigenvalue weighted by Crippen LogP contribution is 2.19. The van der Waals surface area contributed by atoms with Crippen molar-refractivity contribution >= 4 is 24.6 Å². The van der Waals surface area contributed by atoms with Crippen molar-refractivity contribution in [2.45, 2.75) is 20.0 Å². The molecule has 2 rings (SSSR count). The monoisotopic (exact) mass is 281 g/mol. The van der Waals surface area contributed by atoms with Crippen molar-refractivity contribution in [2.75, 3.05) is 0 Å². The summed E-state index contributed by atoms with van der Waals surface area (Å²) in [5.74, 6) is 0.626. The topological polar surface area (TPSA) is 66.9 Å². The van der Waals surface area contributed by atoms with E-state index in [1.165, 1.54) is 0 Å². The van der Waals surface area contributed by atoms with Crippen LogP contribution < -0.4 is 5.73 Å². The Balaban J connectivity index is 2.48. The van der Waals surface area contributed by atoms with Crippen molar-refractivity contribution in [3.63, 3.8) is 0 Å². The third-order valence-electron chi connectivity index (χ3n) is 3.16. The van der Waals surface area contributed by atoms with Gasteiger partial charge in [-0.1, -0.05) is 12.7 Å². The first-order valence-electron chi connectivity index (χ1n) is 6.61. The minimum Gasteiger partial charge on any atom is -0.306 e. The van der Waals surface area contributed by atoms with Gasteiger partial charge in [0.1, 0.15) is 6.17 Å². The molecule has 2 N–H and O–H groups in total. The molecule has 0 amide bonds. The third kappa shape index (κ3) is 3.32. The lowest BCUT2D eigenvalue weighted by Crippen LogP contribution is -2.34. The molecule has 0 fully saturated rings. The Kier molecular flexibility index (Phi) is 4.45. The maximum atomic E-state index is 6.04. The number of aromatic nitrogens is 1. The second kappa shape index (κ2) is 6.28. The van der Waals surface area contributed by atoms with Gasteiger partial charge in [-0.15, -0.1) is 0 Å². The molecule has 0 bridgehead atoms. The smallest absolute Gasteiger partial charge is 0.151 e. The van der Waals surface area contributed by atoms with Crippen molar-refractivity contribution in [1.82, 2.24) is 9.99 Å². The Morgan fingerprint density at radius 3 is 2.86 bits per heavy atom. The van der Waals surface area contributed by atoms with Gasteiger partial charge in [-0.3, -0.25) is 4.98 Å². The molecular weight excluding hydrogens is 262 g/mol.